The third kappa shape index (κ3) is 5.26. The van der Waals surface area contributed by atoms with E-state index in [9.17, 15) is 13.2 Å². The Hall–Kier alpha value is -2.00. The predicted molar refractivity (Wildman–Crippen MR) is 119 cm³/mol. The van der Waals surface area contributed by atoms with E-state index in [2.05, 4.69) is 5.32 Å². The molecule has 1 aliphatic rings. The monoisotopic (exact) mass is 486 g/mol. The first kappa shape index (κ1) is 23.7. The van der Waals surface area contributed by atoms with Gasteiger partial charge in [0.2, 0.25) is 15.9 Å². The Morgan fingerprint density at radius 3 is 2.48 bits per heavy atom. The highest BCUT2D eigenvalue weighted by molar-refractivity contribution is 7.89. The highest BCUT2D eigenvalue weighted by Crippen LogP contribution is 2.31. The molecule has 0 aromatic heterocycles. The lowest BCUT2D eigenvalue weighted by atomic mass is 9.98. The maximum Gasteiger partial charge on any atom is 0.244 e. The van der Waals surface area contributed by atoms with Crippen LogP contribution in [-0.4, -0.2) is 45.9 Å². The first-order valence-electron chi connectivity index (χ1n) is 9.70. The lowest BCUT2D eigenvalue weighted by Crippen LogP contribution is -2.45. The molecule has 31 heavy (non-hydrogen) atoms. The summed E-state index contributed by atoms with van der Waals surface area (Å²) in [5.74, 6) is 0.485. The molecule has 0 bridgehead atoms. The maximum atomic E-state index is 13.1. The Bertz CT molecular complexity index is 1040. The van der Waals surface area contributed by atoms with Crippen molar-refractivity contribution in [3.8, 4) is 11.5 Å². The molecule has 0 aliphatic carbocycles. The summed E-state index contributed by atoms with van der Waals surface area (Å²) in [5, 5.41) is 3.26. The van der Waals surface area contributed by atoms with Crippen LogP contribution >= 0.6 is 23.2 Å². The number of halogens is 2. The Morgan fingerprint density at radius 1 is 1.16 bits per heavy atom. The predicted octanol–water partition coefficient (Wildman–Crippen LogP) is 3.73. The Kier molecular flexibility index (Phi) is 7.69. The molecule has 2 aromatic carbocycles. The second kappa shape index (κ2) is 10.1. The van der Waals surface area contributed by atoms with Gasteiger partial charge in [-0.3, -0.25) is 4.79 Å². The molecule has 1 heterocycles. The van der Waals surface area contributed by atoms with Gasteiger partial charge in [0.1, 0.15) is 16.4 Å². The fourth-order valence-electron chi connectivity index (χ4n) is 3.61. The minimum atomic E-state index is -3.87. The number of sulfonamides is 1. The minimum absolute atomic E-state index is 0.0542. The first-order chi connectivity index (χ1) is 14.8. The van der Waals surface area contributed by atoms with Crippen molar-refractivity contribution in [2.45, 2.75) is 24.3 Å². The van der Waals surface area contributed by atoms with Crippen molar-refractivity contribution in [1.82, 2.24) is 9.62 Å². The van der Waals surface area contributed by atoms with Crippen LogP contribution in [0.25, 0.3) is 0 Å². The summed E-state index contributed by atoms with van der Waals surface area (Å²) >= 11 is 12.1. The van der Waals surface area contributed by atoms with Crippen LogP contribution < -0.4 is 14.8 Å². The van der Waals surface area contributed by atoms with Gasteiger partial charge < -0.3 is 14.8 Å². The number of carbonyl (C=O) groups excluding carboxylic acids is 1. The number of hydrogen-bond donors (Lipinski definition) is 1. The Labute approximate surface area is 192 Å². The molecule has 1 saturated heterocycles. The van der Waals surface area contributed by atoms with Crippen molar-refractivity contribution in [1.29, 1.82) is 0 Å². The van der Waals surface area contributed by atoms with Crippen LogP contribution in [0.1, 0.15) is 18.4 Å². The summed E-state index contributed by atoms with van der Waals surface area (Å²) in [7, 11) is -0.780. The molecular weight excluding hydrogens is 463 g/mol. The number of nitrogens with one attached hydrogen (secondary N) is 1. The number of amides is 1. The number of piperidine rings is 1. The summed E-state index contributed by atoms with van der Waals surface area (Å²) in [6.45, 7) is 0.588. The smallest absolute Gasteiger partial charge is 0.244 e. The molecule has 1 aliphatic heterocycles. The molecule has 0 spiro atoms. The molecule has 168 valence electrons. The van der Waals surface area contributed by atoms with Crippen LogP contribution in [0.15, 0.2) is 41.3 Å². The second-order valence-electron chi connectivity index (χ2n) is 7.14. The second-order valence-corrected chi connectivity index (χ2v) is 9.89. The molecule has 1 N–H and O–H groups in total. The molecular formula is C21H24Cl2N2O5S. The minimum Gasteiger partial charge on any atom is -0.496 e. The molecule has 10 heteroatoms. The number of rotatable bonds is 7. The fourth-order valence-corrected chi connectivity index (χ4v) is 5.87. The van der Waals surface area contributed by atoms with Gasteiger partial charge in [-0.05, 0) is 43.2 Å². The standard InChI is InChI=1S/C21H24Cl2N2O5S/c1-29-18-6-3-7-19(30-2)16(18)12-24-21(26)14-5-4-10-25(13-14)31(27,28)20-11-15(22)8-9-17(20)23/h3,6-9,11,14H,4-5,10,12-13H2,1-2H3,(H,24,26)/t14-/m1/s1. The number of benzene rings is 2. The third-order valence-corrected chi connectivity index (χ3v) is 7.82. The van der Waals surface area contributed by atoms with E-state index in [1.165, 1.54) is 22.5 Å². The van der Waals surface area contributed by atoms with Crippen molar-refractivity contribution in [3.05, 3.63) is 52.0 Å². The number of carbonyl (C=O) groups is 1. The van der Waals surface area contributed by atoms with E-state index in [1.807, 2.05) is 0 Å². The van der Waals surface area contributed by atoms with Crippen LogP contribution in [-0.2, 0) is 21.4 Å². The van der Waals surface area contributed by atoms with Crippen molar-refractivity contribution in [2.75, 3.05) is 27.3 Å². The van der Waals surface area contributed by atoms with Gasteiger partial charge in [-0.1, -0.05) is 29.3 Å². The lowest BCUT2D eigenvalue weighted by Gasteiger charge is -2.31. The van der Waals surface area contributed by atoms with E-state index >= 15 is 0 Å². The van der Waals surface area contributed by atoms with Gasteiger partial charge in [0.25, 0.3) is 0 Å². The highest BCUT2D eigenvalue weighted by Gasteiger charge is 2.34. The number of methoxy groups -OCH3 is 2. The van der Waals surface area contributed by atoms with Gasteiger partial charge in [0.05, 0.1) is 37.3 Å². The van der Waals surface area contributed by atoms with Gasteiger partial charge in [0, 0.05) is 18.1 Å². The Morgan fingerprint density at radius 2 is 1.84 bits per heavy atom. The van der Waals surface area contributed by atoms with Crippen molar-refractivity contribution in [2.24, 2.45) is 5.92 Å². The average molecular weight is 487 g/mol. The molecule has 2 aromatic rings. The zero-order chi connectivity index (χ0) is 22.6. The summed E-state index contributed by atoms with van der Waals surface area (Å²) in [6, 6.07) is 9.68. The summed E-state index contributed by atoms with van der Waals surface area (Å²) < 4.78 is 38.2. The number of ether oxygens (including phenoxy) is 2. The molecule has 0 radical (unpaired) electrons. The molecule has 0 unspecified atom stereocenters. The normalized spacial score (nSPS) is 17.2. The van der Waals surface area contributed by atoms with Crippen LogP contribution in [0.5, 0.6) is 11.5 Å². The largest absolute Gasteiger partial charge is 0.496 e. The van der Waals surface area contributed by atoms with Crippen molar-refractivity contribution >= 4 is 39.1 Å². The Balaban J connectivity index is 1.72. The van der Waals surface area contributed by atoms with Crippen molar-refractivity contribution < 1.29 is 22.7 Å². The molecule has 3 rings (SSSR count). The van der Waals surface area contributed by atoms with E-state index in [0.717, 1.165) is 0 Å². The molecule has 1 fully saturated rings. The van der Waals surface area contributed by atoms with E-state index in [1.54, 1.807) is 32.4 Å². The molecule has 0 saturated carbocycles. The summed E-state index contributed by atoms with van der Waals surface area (Å²) in [5.41, 5.74) is 0.715. The van der Waals surface area contributed by atoms with Gasteiger partial charge in [0.15, 0.2) is 0 Å². The SMILES string of the molecule is COc1cccc(OC)c1CNC(=O)[C@@H]1CCCN(S(=O)(=O)c2cc(Cl)ccc2Cl)C1. The zero-order valence-corrected chi connectivity index (χ0v) is 19.6. The maximum absolute atomic E-state index is 13.1. The van der Waals surface area contributed by atoms with E-state index in [4.69, 9.17) is 32.7 Å². The number of hydrogen-bond acceptors (Lipinski definition) is 5. The molecule has 1 amide bonds. The lowest BCUT2D eigenvalue weighted by molar-refractivity contribution is -0.126. The van der Waals surface area contributed by atoms with Crippen molar-refractivity contribution in [3.63, 3.8) is 0 Å². The van der Waals surface area contributed by atoms with Gasteiger partial charge in [-0.25, -0.2) is 8.42 Å². The first-order valence-corrected chi connectivity index (χ1v) is 11.9. The summed E-state index contributed by atoms with van der Waals surface area (Å²) in [6.07, 6.45) is 1.15. The van der Waals surface area contributed by atoms with Crippen LogP contribution in [0.3, 0.4) is 0 Å². The zero-order valence-electron chi connectivity index (χ0n) is 17.2. The van der Waals surface area contributed by atoms with Gasteiger partial charge in [-0.15, -0.1) is 0 Å². The van der Waals surface area contributed by atoms with Crippen LogP contribution in [0.2, 0.25) is 10.0 Å². The fraction of sp³-hybridized carbons (Fsp3) is 0.381. The number of nitrogens with zero attached hydrogens (tertiary/aromatic N) is 1. The molecule has 7 nitrogen and oxygen atoms in total. The van der Waals surface area contributed by atoms with Gasteiger partial charge in [-0.2, -0.15) is 4.31 Å². The quantitative estimate of drug-likeness (QED) is 0.644. The summed E-state index contributed by atoms with van der Waals surface area (Å²) in [4.78, 5) is 12.8. The third-order valence-electron chi connectivity index (χ3n) is 5.24. The van der Waals surface area contributed by atoms with Crippen LogP contribution in [0, 0.1) is 5.92 Å². The van der Waals surface area contributed by atoms with E-state index in [-0.39, 0.29) is 33.9 Å². The van der Waals surface area contributed by atoms with E-state index in [0.29, 0.717) is 36.4 Å². The molecule has 1 atom stereocenters. The average Bonchev–Trinajstić information content (AvgIpc) is 2.78. The highest BCUT2D eigenvalue weighted by atomic mass is 35.5. The van der Waals surface area contributed by atoms with E-state index < -0.39 is 15.9 Å². The van der Waals surface area contributed by atoms with Gasteiger partial charge >= 0.3 is 0 Å². The topological polar surface area (TPSA) is 84.9 Å². The van der Waals surface area contributed by atoms with Crippen LogP contribution in [0.4, 0.5) is 0 Å².